The van der Waals surface area contributed by atoms with E-state index in [0.29, 0.717) is 22.6 Å². The van der Waals surface area contributed by atoms with E-state index in [1.165, 1.54) is 28.4 Å². The Morgan fingerprint density at radius 2 is 1.88 bits per heavy atom. The number of carbonyl (C=O) groups excluding carboxylic acids is 1. The lowest BCUT2D eigenvalue weighted by Gasteiger charge is -2.11. The molecule has 0 unspecified atom stereocenters. The molecule has 170 valence electrons. The number of carbonyl (C=O) groups is 1. The Morgan fingerprint density at radius 3 is 2.56 bits per heavy atom. The number of alkyl halides is 2. The van der Waals surface area contributed by atoms with E-state index in [9.17, 15) is 13.6 Å². The molecule has 0 radical (unpaired) electrons. The summed E-state index contributed by atoms with van der Waals surface area (Å²) in [5.41, 5.74) is 1.35. The number of rotatable bonds is 10. The molecule has 3 rings (SSSR count). The third-order valence-corrected chi connectivity index (χ3v) is 5.30. The molecule has 32 heavy (non-hydrogen) atoms. The van der Waals surface area contributed by atoms with E-state index in [4.69, 9.17) is 10.6 Å². The number of hydrogen-bond acceptors (Lipinski definition) is 7. The maximum absolute atomic E-state index is 12.5. The average Bonchev–Trinajstić information content (AvgIpc) is 3.11. The number of ether oxygens (including phenoxy) is 2. The molecule has 0 fully saturated rings. The van der Waals surface area contributed by atoms with Gasteiger partial charge in [-0.3, -0.25) is 4.79 Å². The Bertz CT molecular complexity index is 1040. The minimum Gasteiger partial charge on any atom is -0.486 e. The molecule has 0 aliphatic carbocycles. The van der Waals surface area contributed by atoms with Gasteiger partial charge in [0.15, 0.2) is 5.82 Å². The third-order valence-electron chi connectivity index (χ3n) is 4.36. The lowest BCUT2D eigenvalue weighted by atomic mass is 10.0. The van der Waals surface area contributed by atoms with Crippen molar-refractivity contribution in [3.63, 3.8) is 0 Å². The minimum atomic E-state index is -2.99. The van der Waals surface area contributed by atoms with Gasteiger partial charge >= 0.3 is 6.61 Å². The van der Waals surface area contributed by atoms with E-state index in [0.717, 1.165) is 11.8 Å². The van der Waals surface area contributed by atoms with Crippen molar-refractivity contribution in [3.8, 4) is 11.5 Å². The molecule has 1 heterocycles. The summed E-state index contributed by atoms with van der Waals surface area (Å²) in [6.45, 7) is 1.34. The van der Waals surface area contributed by atoms with Crippen LogP contribution in [0.2, 0.25) is 0 Å². The highest BCUT2D eigenvalue weighted by Gasteiger charge is 2.15. The summed E-state index contributed by atoms with van der Waals surface area (Å²) < 4.78 is 36.3. The predicted molar refractivity (Wildman–Crippen MR) is 117 cm³/mol. The number of aromatic nitrogens is 3. The van der Waals surface area contributed by atoms with Crippen molar-refractivity contribution >= 4 is 23.4 Å². The van der Waals surface area contributed by atoms with Crippen LogP contribution < -0.4 is 20.6 Å². The van der Waals surface area contributed by atoms with Crippen LogP contribution in [-0.2, 0) is 11.4 Å². The molecule has 3 N–H and O–H groups in total. The van der Waals surface area contributed by atoms with E-state index in [-0.39, 0.29) is 23.8 Å². The largest absolute Gasteiger partial charge is 0.486 e. The molecular weight excluding hydrogens is 440 g/mol. The predicted octanol–water partition coefficient (Wildman–Crippen LogP) is 4.03. The molecule has 0 atom stereocenters. The molecule has 0 aliphatic heterocycles. The van der Waals surface area contributed by atoms with Crippen molar-refractivity contribution in [2.24, 2.45) is 0 Å². The Balaban J connectivity index is 1.53. The first-order chi connectivity index (χ1) is 15.3. The van der Waals surface area contributed by atoms with Gasteiger partial charge in [0.05, 0.1) is 11.4 Å². The Morgan fingerprint density at radius 1 is 1.16 bits per heavy atom. The number of nitrogens with two attached hydrogens (primary N) is 1. The standard InChI is InChI=1S/C21H23F2N5O3S/c1-13(2)14-7-9-15(10-8-14)30-11-18-26-27-21(28(18)24)32-12-19(29)25-16-5-3-4-6-17(16)31-20(22)23/h3-10,13,20H,11-12,24H2,1-2H3,(H,25,29). The topological polar surface area (TPSA) is 104 Å². The summed E-state index contributed by atoms with van der Waals surface area (Å²) in [7, 11) is 0. The number of benzene rings is 2. The molecule has 0 saturated heterocycles. The number of anilines is 1. The summed E-state index contributed by atoms with van der Waals surface area (Å²) in [6, 6.07) is 13.7. The number of thioether (sulfide) groups is 1. The molecule has 8 nitrogen and oxygen atoms in total. The zero-order valence-corrected chi connectivity index (χ0v) is 18.3. The zero-order valence-electron chi connectivity index (χ0n) is 17.5. The van der Waals surface area contributed by atoms with Crippen LogP contribution in [0.4, 0.5) is 14.5 Å². The number of nitrogen functional groups attached to an aromatic ring is 1. The van der Waals surface area contributed by atoms with Gasteiger partial charge in [-0.15, -0.1) is 10.2 Å². The molecule has 11 heteroatoms. The Labute approximate surface area is 188 Å². The van der Waals surface area contributed by atoms with E-state index in [1.54, 1.807) is 6.07 Å². The van der Waals surface area contributed by atoms with Crippen molar-refractivity contribution in [2.45, 2.75) is 38.1 Å². The fourth-order valence-electron chi connectivity index (χ4n) is 2.69. The lowest BCUT2D eigenvalue weighted by Crippen LogP contribution is -2.18. The fraction of sp³-hybridized carbons (Fsp3) is 0.286. The highest BCUT2D eigenvalue weighted by atomic mass is 32.2. The summed E-state index contributed by atoms with van der Waals surface area (Å²) in [6.07, 6.45) is 0. The number of para-hydroxylation sites is 2. The number of nitrogens with one attached hydrogen (secondary N) is 1. The van der Waals surface area contributed by atoms with Crippen molar-refractivity contribution in [1.82, 2.24) is 14.9 Å². The number of halogens is 2. The molecule has 2 aromatic carbocycles. The monoisotopic (exact) mass is 463 g/mol. The molecule has 3 aromatic rings. The van der Waals surface area contributed by atoms with Gasteiger partial charge in [-0.05, 0) is 35.7 Å². The van der Waals surface area contributed by atoms with Crippen LogP contribution in [0.3, 0.4) is 0 Å². The normalized spacial score (nSPS) is 11.1. The fourth-order valence-corrected chi connectivity index (χ4v) is 3.36. The zero-order chi connectivity index (χ0) is 23.1. The van der Waals surface area contributed by atoms with Crippen molar-refractivity contribution < 1.29 is 23.0 Å². The second-order valence-electron chi connectivity index (χ2n) is 6.99. The van der Waals surface area contributed by atoms with Crippen molar-refractivity contribution in [1.29, 1.82) is 0 Å². The SMILES string of the molecule is CC(C)c1ccc(OCc2nnc(SCC(=O)Nc3ccccc3OC(F)F)n2N)cc1. The molecule has 1 aromatic heterocycles. The van der Waals surface area contributed by atoms with Gasteiger partial charge in [-0.1, -0.05) is 49.9 Å². The van der Waals surface area contributed by atoms with Gasteiger partial charge < -0.3 is 20.6 Å². The highest BCUT2D eigenvalue weighted by Crippen LogP contribution is 2.26. The quantitative estimate of drug-likeness (QED) is 0.346. The number of hydrogen-bond donors (Lipinski definition) is 2. The first-order valence-electron chi connectivity index (χ1n) is 9.72. The molecular formula is C21H23F2N5O3S. The van der Waals surface area contributed by atoms with Crippen molar-refractivity contribution in [2.75, 3.05) is 16.9 Å². The van der Waals surface area contributed by atoms with Gasteiger partial charge in [0.2, 0.25) is 11.1 Å². The number of amides is 1. The van der Waals surface area contributed by atoms with Crippen molar-refractivity contribution in [3.05, 3.63) is 59.9 Å². The first kappa shape index (κ1) is 23.3. The molecule has 0 saturated carbocycles. The smallest absolute Gasteiger partial charge is 0.387 e. The van der Waals surface area contributed by atoms with E-state index < -0.39 is 12.5 Å². The van der Waals surface area contributed by atoms with Gasteiger partial charge in [0.25, 0.3) is 0 Å². The average molecular weight is 464 g/mol. The van der Waals surface area contributed by atoms with Gasteiger partial charge in [0.1, 0.15) is 18.1 Å². The van der Waals surface area contributed by atoms with Crippen LogP contribution in [0, 0.1) is 0 Å². The third kappa shape index (κ3) is 6.33. The lowest BCUT2D eigenvalue weighted by molar-refractivity contribution is -0.113. The first-order valence-corrected chi connectivity index (χ1v) is 10.7. The maximum atomic E-state index is 12.5. The Kier molecular flexibility index (Phi) is 7.87. The second kappa shape index (κ2) is 10.8. The number of nitrogens with zero attached hydrogens (tertiary/aromatic N) is 3. The summed E-state index contributed by atoms with van der Waals surface area (Å²) in [5, 5.41) is 10.8. The van der Waals surface area contributed by atoms with Crippen LogP contribution in [0.15, 0.2) is 53.7 Å². The summed E-state index contributed by atoms with van der Waals surface area (Å²) in [4.78, 5) is 12.2. The van der Waals surface area contributed by atoms with Crippen LogP contribution in [-0.4, -0.2) is 33.1 Å². The highest BCUT2D eigenvalue weighted by molar-refractivity contribution is 7.99. The van der Waals surface area contributed by atoms with Gasteiger partial charge in [-0.25, -0.2) is 4.68 Å². The molecule has 0 aliphatic rings. The Hall–Kier alpha value is -3.34. The molecule has 1 amide bonds. The summed E-state index contributed by atoms with van der Waals surface area (Å²) >= 11 is 1.05. The van der Waals surface area contributed by atoms with Gasteiger partial charge in [0, 0.05) is 0 Å². The van der Waals surface area contributed by atoms with Crippen LogP contribution in [0.1, 0.15) is 31.2 Å². The molecule has 0 spiro atoms. The van der Waals surface area contributed by atoms with E-state index in [2.05, 4.69) is 34.1 Å². The van der Waals surface area contributed by atoms with E-state index in [1.807, 2.05) is 24.3 Å². The van der Waals surface area contributed by atoms with Crippen LogP contribution in [0.5, 0.6) is 11.5 Å². The second-order valence-corrected chi connectivity index (χ2v) is 7.94. The van der Waals surface area contributed by atoms with Crippen LogP contribution >= 0.6 is 11.8 Å². The van der Waals surface area contributed by atoms with E-state index >= 15 is 0 Å². The maximum Gasteiger partial charge on any atom is 0.387 e. The summed E-state index contributed by atoms with van der Waals surface area (Å²) in [5.74, 6) is 6.88. The van der Waals surface area contributed by atoms with Crippen LogP contribution in [0.25, 0.3) is 0 Å². The minimum absolute atomic E-state index is 0.0597. The molecule has 0 bridgehead atoms. The van der Waals surface area contributed by atoms with Gasteiger partial charge in [-0.2, -0.15) is 8.78 Å².